The van der Waals surface area contributed by atoms with Gasteiger partial charge in [0.2, 0.25) is 5.91 Å². The highest BCUT2D eigenvalue weighted by atomic mass is 32.2. The number of carboxylic acids is 1. The standard InChI is InChI=1S/C10H17NO6S/c1-17-10(9(13)14)3-5-11(6-4-10)8(12)7-18(2,15)16/h3-7H2,1-2H3,(H,13,14). The minimum atomic E-state index is -3.36. The van der Waals surface area contributed by atoms with Crippen molar-refractivity contribution in [2.24, 2.45) is 0 Å². The first-order valence-electron chi connectivity index (χ1n) is 5.44. The fourth-order valence-corrected chi connectivity index (χ4v) is 2.57. The molecule has 0 atom stereocenters. The largest absolute Gasteiger partial charge is 0.479 e. The minimum Gasteiger partial charge on any atom is -0.479 e. The van der Waals surface area contributed by atoms with Gasteiger partial charge in [0, 0.05) is 39.3 Å². The van der Waals surface area contributed by atoms with Gasteiger partial charge < -0.3 is 14.7 Å². The van der Waals surface area contributed by atoms with Gasteiger partial charge in [-0.3, -0.25) is 4.79 Å². The van der Waals surface area contributed by atoms with E-state index in [1.807, 2.05) is 0 Å². The van der Waals surface area contributed by atoms with Crippen LogP contribution in [0, 0.1) is 0 Å². The topological polar surface area (TPSA) is 101 Å². The molecule has 0 radical (unpaired) electrons. The number of carbonyl (C=O) groups is 2. The summed E-state index contributed by atoms with van der Waals surface area (Å²) < 4.78 is 27.0. The third kappa shape index (κ3) is 3.42. The van der Waals surface area contributed by atoms with Crippen LogP contribution in [-0.2, 0) is 24.2 Å². The van der Waals surface area contributed by atoms with E-state index in [4.69, 9.17) is 9.84 Å². The Morgan fingerprint density at radius 3 is 2.17 bits per heavy atom. The lowest BCUT2D eigenvalue weighted by molar-refractivity contribution is -0.169. The lowest BCUT2D eigenvalue weighted by Crippen LogP contribution is -2.52. The number of piperidine rings is 1. The van der Waals surface area contributed by atoms with Gasteiger partial charge in [0.25, 0.3) is 0 Å². The molecule has 0 bridgehead atoms. The van der Waals surface area contributed by atoms with Crippen LogP contribution in [0.1, 0.15) is 12.8 Å². The summed E-state index contributed by atoms with van der Waals surface area (Å²) in [5, 5.41) is 9.08. The quantitative estimate of drug-likeness (QED) is 0.717. The molecule has 1 heterocycles. The van der Waals surface area contributed by atoms with Gasteiger partial charge in [-0.05, 0) is 0 Å². The van der Waals surface area contributed by atoms with Crippen molar-refractivity contribution in [2.75, 3.05) is 32.2 Å². The van der Waals surface area contributed by atoms with Crippen molar-refractivity contribution < 1.29 is 27.9 Å². The molecule has 1 rings (SSSR count). The third-order valence-corrected chi connectivity index (χ3v) is 3.86. The second-order valence-electron chi connectivity index (χ2n) is 4.45. The third-order valence-electron chi connectivity index (χ3n) is 3.09. The van der Waals surface area contributed by atoms with Crippen LogP contribution < -0.4 is 0 Å². The van der Waals surface area contributed by atoms with E-state index in [9.17, 15) is 18.0 Å². The second kappa shape index (κ2) is 5.23. The van der Waals surface area contributed by atoms with Crippen molar-refractivity contribution in [1.29, 1.82) is 0 Å². The SMILES string of the molecule is COC1(C(=O)O)CCN(C(=O)CS(C)(=O)=O)CC1. The Hall–Kier alpha value is -1.15. The zero-order chi connectivity index (χ0) is 14.0. The highest BCUT2D eigenvalue weighted by Crippen LogP contribution is 2.26. The van der Waals surface area contributed by atoms with Crippen LogP contribution in [0.5, 0.6) is 0 Å². The normalized spacial score (nSPS) is 19.6. The summed E-state index contributed by atoms with van der Waals surface area (Å²) in [7, 11) is -2.04. The molecule has 0 aromatic heterocycles. The molecular formula is C10H17NO6S. The average molecular weight is 279 g/mol. The maximum Gasteiger partial charge on any atom is 0.336 e. The fourth-order valence-electron chi connectivity index (χ4n) is 1.94. The Kier molecular flexibility index (Phi) is 4.33. The first-order chi connectivity index (χ1) is 8.20. The van der Waals surface area contributed by atoms with Gasteiger partial charge in [0.1, 0.15) is 5.75 Å². The molecule has 8 heteroatoms. The lowest BCUT2D eigenvalue weighted by atomic mass is 9.91. The van der Waals surface area contributed by atoms with E-state index in [1.54, 1.807) is 0 Å². The van der Waals surface area contributed by atoms with Gasteiger partial charge in [-0.15, -0.1) is 0 Å². The van der Waals surface area contributed by atoms with E-state index in [2.05, 4.69) is 0 Å². The zero-order valence-corrected chi connectivity index (χ0v) is 11.2. The molecule has 7 nitrogen and oxygen atoms in total. The van der Waals surface area contributed by atoms with Crippen LogP contribution in [0.15, 0.2) is 0 Å². The number of amides is 1. The molecule has 0 saturated carbocycles. The zero-order valence-electron chi connectivity index (χ0n) is 10.4. The van der Waals surface area contributed by atoms with E-state index < -0.39 is 33.1 Å². The van der Waals surface area contributed by atoms with E-state index >= 15 is 0 Å². The fraction of sp³-hybridized carbons (Fsp3) is 0.800. The van der Waals surface area contributed by atoms with Crippen LogP contribution in [0.25, 0.3) is 0 Å². The van der Waals surface area contributed by atoms with Crippen molar-refractivity contribution in [1.82, 2.24) is 4.90 Å². The maximum absolute atomic E-state index is 11.6. The van der Waals surface area contributed by atoms with Crippen molar-refractivity contribution >= 4 is 21.7 Å². The molecule has 0 spiro atoms. The van der Waals surface area contributed by atoms with E-state index in [0.29, 0.717) is 0 Å². The van der Waals surface area contributed by atoms with Crippen LogP contribution in [0.2, 0.25) is 0 Å². The van der Waals surface area contributed by atoms with Gasteiger partial charge >= 0.3 is 5.97 Å². The smallest absolute Gasteiger partial charge is 0.336 e. The number of likely N-dealkylation sites (tertiary alicyclic amines) is 1. The molecule has 0 aromatic rings. The van der Waals surface area contributed by atoms with Crippen molar-refractivity contribution in [3.8, 4) is 0 Å². The van der Waals surface area contributed by atoms with Crippen molar-refractivity contribution in [3.05, 3.63) is 0 Å². The number of hydrogen-bond donors (Lipinski definition) is 1. The summed E-state index contributed by atoms with van der Waals surface area (Å²) >= 11 is 0. The molecule has 18 heavy (non-hydrogen) atoms. The summed E-state index contributed by atoms with van der Waals surface area (Å²) in [6, 6.07) is 0. The first kappa shape index (κ1) is 14.9. The Balaban J connectivity index is 2.64. The number of methoxy groups -OCH3 is 1. The predicted molar refractivity (Wildman–Crippen MR) is 62.9 cm³/mol. The summed E-state index contributed by atoms with van der Waals surface area (Å²) in [5.41, 5.74) is -1.26. The Labute approximate surface area is 106 Å². The molecule has 1 N–H and O–H groups in total. The Bertz CT molecular complexity index is 435. The summed E-state index contributed by atoms with van der Waals surface area (Å²) in [6.07, 6.45) is 1.31. The summed E-state index contributed by atoms with van der Waals surface area (Å²) in [4.78, 5) is 24.1. The molecule has 1 aliphatic rings. The number of nitrogens with zero attached hydrogens (tertiary/aromatic N) is 1. The molecule has 1 aliphatic heterocycles. The molecular weight excluding hydrogens is 262 g/mol. The van der Waals surface area contributed by atoms with Crippen LogP contribution in [-0.4, -0.2) is 68.1 Å². The van der Waals surface area contributed by atoms with E-state index in [-0.39, 0.29) is 25.9 Å². The van der Waals surface area contributed by atoms with E-state index in [0.717, 1.165) is 6.26 Å². The lowest BCUT2D eigenvalue weighted by Gasteiger charge is -2.37. The molecule has 0 aliphatic carbocycles. The number of sulfone groups is 1. The number of hydrogen-bond acceptors (Lipinski definition) is 5. The number of carboxylic acid groups (broad SMARTS) is 1. The number of aliphatic carboxylic acids is 1. The number of rotatable bonds is 4. The van der Waals surface area contributed by atoms with Gasteiger partial charge in [-0.25, -0.2) is 13.2 Å². The molecule has 0 aromatic carbocycles. The molecule has 1 amide bonds. The molecule has 1 fully saturated rings. The monoisotopic (exact) mass is 279 g/mol. The maximum atomic E-state index is 11.6. The molecule has 0 unspecified atom stereocenters. The average Bonchev–Trinajstić information content (AvgIpc) is 2.26. The highest BCUT2D eigenvalue weighted by molar-refractivity contribution is 7.91. The summed E-state index contributed by atoms with van der Waals surface area (Å²) in [5.74, 6) is -2.09. The van der Waals surface area contributed by atoms with Gasteiger partial charge in [0.05, 0.1) is 0 Å². The first-order valence-corrected chi connectivity index (χ1v) is 7.50. The Morgan fingerprint density at radius 2 is 1.83 bits per heavy atom. The number of carbonyl (C=O) groups excluding carboxylic acids is 1. The Morgan fingerprint density at radius 1 is 1.33 bits per heavy atom. The van der Waals surface area contributed by atoms with Gasteiger partial charge in [-0.2, -0.15) is 0 Å². The van der Waals surface area contributed by atoms with Crippen LogP contribution in [0.4, 0.5) is 0 Å². The van der Waals surface area contributed by atoms with E-state index in [1.165, 1.54) is 12.0 Å². The molecule has 104 valence electrons. The van der Waals surface area contributed by atoms with Crippen molar-refractivity contribution in [3.63, 3.8) is 0 Å². The second-order valence-corrected chi connectivity index (χ2v) is 6.59. The van der Waals surface area contributed by atoms with Crippen molar-refractivity contribution in [2.45, 2.75) is 18.4 Å². The number of ether oxygens (including phenoxy) is 1. The van der Waals surface area contributed by atoms with Crippen LogP contribution >= 0.6 is 0 Å². The van der Waals surface area contributed by atoms with Crippen LogP contribution in [0.3, 0.4) is 0 Å². The van der Waals surface area contributed by atoms with Gasteiger partial charge in [0.15, 0.2) is 15.4 Å². The highest BCUT2D eigenvalue weighted by Gasteiger charge is 2.42. The molecule has 1 saturated heterocycles. The minimum absolute atomic E-state index is 0.161. The van der Waals surface area contributed by atoms with Gasteiger partial charge in [-0.1, -0.05) is 0 Å². The summed E-state index contributed by atoms with van der Waals surface area (Å²) in [6.45, 7) is 0.378. The predicted octanol–water partition coefficient (Wildman–Crippen LogP) is -0.877.